The van der Waals surface area contributed by atoms with Gasteiger partial charge in [0.05, 0.1) is 25.8 Å². The van der Waals surface area contributed by atoms with Crippen molar-refractivity contribution in [2.45, 2.75) is 26.2 Å². The van der Waals surface area contributed by atoms with Crippen LogP contribution in [0.3, 0.4) is 0 Å². The summed E-state index contributed by atoms with van der Waals surface area (Å²) in [5, 5.41) is 10.2. The van der Waals surface area contributed by atoms with E-state index in [9.17, 15) is 5.26 Å². The largest absolute Gasteiger partial charge is 0.240 e. The minimum Gasteiger partial charge on any atom is -0.240 e. The minimum atomic E-state index is -0.464. The number of nitriles is 1. The highest BCUT2D eigenvalue weighted by molar-refractivity contribution is 9.11. The van der Waals surface area contributed by atoms with Gasteiger partial charge in [0.25, 0.3) is 0 Å². The van der Waals surface area contributed by atoms with E-state index >= 15 is 0 Å². The third-order valence-corrected chi connectivity index (χ3v) is 5.70. The second-order valence-electron chi connectivity index (χ2n) is 4.27. The second-order valence-corrected chi connectivity index (χ2v) is 7.74. The molecule has 0 aliphatic carbocycles. The Morgan fingerprint density at radius 1 is 1.35 bits per heavy atom. The number of aryl methyl sites for hydroxylation is 1. The van der Waals surface area contributed by atoms with Crippen molar-refractivity contribution < 1.29 is 0 Å². The first-order chi connectivity index (χ1) is 7.94. The molecule has 0 saturated heterocycles. The lowest BCUT2D eigenvalue weighted by Gasteiger charge is -2.12. The Morgan fingerprint density at radius 2 is 2.06 bits per heavy atom. The average Bonchev–Trinajstić information content (AvgIpc) is 2.85. The molecule has 0 amide bonds. The number of nitrogens with zero attached hydrogens (tertiary/aromatic N) is 2. The molecule has 0 atom stereocenters. The first-order valence-electron chi connectivity index (χ1n) is 5.09. The number of hydrogen-bond donors (Lipinski definition) is 0. The highest BCUT2D eigenvalue weighted by atomic mass is 79.9. The highest BCUT2D eigenvalue weighted by Gasteiger charge is 2.26. The van der Waals surface area contributed by atoms with Gasteiger partial charge in [0.15, 0.2) is 0 Å². The molecule has 0 bridgehead atoms. The third kappa shape index (κ3) is 2.44. The zero-order valence-electron chi connectivity index (χ0n) is 9.74. The van der Waals surface area contributed by atoms with Gasteiger partial charge in [-0.15, -0.1) is 22.7 Å². The van der Waals surface area contributed by atoms with Crippen molar-refractivity contribution in [3.05, 3.63) is 26.5 Å². The lowest BCUT2D eigenvalue weighted by atomic mass is 9.93. The van der Waals surface area contributed by atoms with Gasteiger partial charge in [0, 0.05) is 4.88 Å². The van der Waals surface area contributed by atoms with Crippen LogP contribution in [0.25, 0.3) is 9.88 Å². The lowest BCUT2D eigenvalue weighted by molar-refractivity contribution is 0.695. The van der Waals surface area contributed by atoms with E-state index < -0.39 is 5.41 Å². The van der Waals surface area contributed by atoms with Crippen molar-refractivity contribution in [2.75, 3.05) is 0 Å². The van der Waals surface area contributed by atoms with Crippen LogP contribution in [-0.4, -0.2) is 4.98 Å². The molecule has 17 heavy (non-hydrogen) atoms. The van der Waals surface area contributed by atoms with Gasteiger partial charge in [0.2, 0.25) is 0 Å². The summed E-state index contributed by atoms with van der Waals surface area (Å²) in [6.07, 6.45) is 0. The first-order valence-corrected chi connectivity index (χ1v) is 7.51. The summed E-state index contributed by atoms with van der Waals surface area (Å²) < 4.78 is 1.10. The molecule has 2 aromatic heterocycles. The van der Waals surface area contributed by atoms with Crippen LogP contribution in [-0.2, 0) is 5.41 Å². The van der Waals surface area contributed by atoms with E-state index in [1.807, 2.05) is 26.8 Å². The van der Waals surface area contributed by atoms with Crippen molar-refractivity contribution in [1.29, 1.82) is 5.26 Å². The van der Waals surface area contributed by atoms with E-state index in [0.717, 1.165) is 24.2 Å². The minimum absolute atomic E-state index is 0.464. The molecule has 0 unspecified atom stereocenters. The number of thiophene rings is 1. The standard InChI is InChI=1S/C12H11BrN2S2/c1-7-10(12(2,3)6-14)17-11(15-7)8-4-5-9(13)16-8/h4-5H,1-3H3. The fourth-order valence-corrected chi connectivity index (χ4v) is 4.12. The van der Waals surface area contributed by atoms with Gasteiger partial charge in [-0.2, -0.15) is 5.26 Å². The Kier molecular flexibility index (Phi) is 3.39. The van der Waals surface area contributed by atoms with Gasteiger partial charge in [-0.3, -0.25) is 0 Å². The molecule has 88 valence electrons. The second kappa shape index (κ2) is 4.52. The SMILES string of the molecule is Cc1nc(-c2ccc(Br)s2)sc1C(C)(C)C#N. The fourth-order valence-electron chi connectivity index (χ4n) is 1.56. The van der Waals surface area contributed by atoms with Crippen molar-refractivity contribution in [3.8, 4) is 16.0 Å². The normalized spacial score (nSPS) is 11.5. The van der Waals surface area contributed by atoms with Gasteiger partial charge >= 0.3 is 0 Å². The maximum Gasteiger partial charge on any atom is 0.133 e. The Labute approximate surface area is 117 Å². The van der Waals surface area contributed by atoms with E-state index in [4.69, 9.17) is 0 Å². The number of halogens is 1. The first kappa shape index (κ1) is 12.7. The molecule has 0 fully saturated rings. The van der Waals surface area contributed by atoms with E-state index in [1.165, 1.54) is 0 Å². The van der Waals surface area contributed by atoms with Crippen LogP contribution < -0.4 is 0 Å². The Balaban J connectivity index is 2.48. The van der Waals surface area contributed by atoms with E-state index in [1.54, 1.807) is 22.7 Å². The summed E-state index contributed by atoms with van der Waals surface area (Å²) >= 11 is 6.73. The van der Waals surface area contributed by atoms with Crippen molar-refractivity contribution >= 4 is 38.6 Å². The number of rotatable bonds is 2. The molecular formula is C12H11BrN2S2. The Morgan fingerprint density at radius 3 is 2.59 bits per heavy atom. The van der Waals surface area contributed by atoms with E-state index in [0.29, 0.717) is 0 Å². The summed E-state index contributed by atoms with van der Waals surface area (Å²) in [5.74, 6) is 0. The van der Waals surface area contributed by atoms with Crippen LogP contribution in [0.4, 0.5) is 0 Å². The summed E-state index contributed by atoms with van der Waals surface area (Å²) in [4.78, 5) is 6.76. The smallest absolute Gasteiger partial charge is 0.133 e. The molecule has 2 nitrogen and oxygen atoms in total. The molecule has 0 aromatic carbocycles. The Bertz CT molecular complexity index is 590. The molecular weight excluding hydrogens is 316 g/mol. The van der Waals surface area contributed by atoms with Crippen molar-refractivity contribution in [3.63, 3.8) is 0 Å². The summed E-state index contributed by atoms with van der Waals surface area (Å²) in [7, 11) is 0. The highest BCUT2D eigenvalue weighted by Crippen LogP contribution is 2.39. The molecule has 0 aliphatic rings. The van der Waals surface area contributed by atoms with E-state index in [-0.39, 0.29) is 0 Å². The third-order valence-electron chi connectivity index (χ3n) is 2.43. The molecule has 2 aromatic rings. The molecule has 0 N–H and O–H groups in total. The van der Waals surface area contributed by atoms with Gasteiger partial charge in [-0.05, 0) is 48.8 Å². The van der Waals surface area contributed by atoms with Gasteiger partial charge in [0.1, 0.15) is 5.01 Å². The molecule has 0 spiro atoms. The lowest BCUT2D eigenvalue weighted by Crippen LogP contribution is -2.13. The molecule has 0 radical (unpaired) electrons. The van der Waals surface area contributed by atoms with Crippen LogP contribution in [0, 0.1) is 18.3 Å². The monoisotopic (exact) mass is 326 g/mol. The zero-order chi connectivity index (χ0) is 12.6. The molecule has 2 rings (SSSR count). The Hall–Kier alpha value is -0.700. The molecule has 0 saturated carbocycles. The van der Waals surface area contributed by atoms with Crippen molar-refractivity contribution in [2.24, 2.45) is 0 Å². The summed E-state index contributed by atoms with van der Waals surface area (Å²) in [5.41, 5.74) is 0.496. The summed E-state index contributed by atoms with van der Waals surface area (Å²) in [6.45, 7) is 5.83. The molecule has 0 aliphatic heterocycles. The number of thiazole rings is 1. The van der Waals surface area contributed by atoms with Crippen LogP contribution >= 0.6 is 38.6 Å². The van der Waals surface area contributed by atoms with Crippen LogP contribution in [0.5, 0.6) is 0 Å². The maximum absolute atomic E-state index is 9.18. The quantitative estimate of drug-likeness (QED) is 0.798. The predicted octanol–water partition coefficient (Wildman–Crippen LogP) is 4.74. The van der Waals surface area contributed by atoms with Crippen LogP contribution in [0.15, 0.2) is 15.9 Å². The number of hydrogen-bond acceptors (Lipinski definition) is 4. The van der Waals surface area contributed by atoms with Crippen LogP contribution in [0.2, 0.25) is 0 Å². The molecule has 5 heteroatoms. The van der Waals surface area contributed by atoms with Gasteiger partial charge in [-0.1, -0.05) is 0 Å². The van der Waals surface area contributed by atoms with Gasteiger partial charge in [-0.25, -0.2) is 4.98 Å². The number of aromatic nitrogens is 1. The topological polar surface area (TPSA) is 36.7 Å². The summed E-state index contributed by atoms with van der Waals surface area (Å²) in [6, 6.07) is 6.40. The maximum atomic E-state index is 9.18. The predicted molar refractivity (Wildman–Crippen MR) is 76.5 cm³/mol. The fraction of sp³-hybridized carbons (Fsp3) is 0.333. The van der Waals surface area contributed by atoms with Gasteiger partial charge < -0.3 is 0 Å². The van der Waals surface area contributed by atoms with E-state index in [2.05, 4.69) is 33.0 Å². The zero-order valence-corrected chi connectivity index (χ0v) is 13.0. The van der Waals surface area contributed by atoms with Crippen LogP contribution in [0.1, 0.15) is 24.4 Å². The molecule has 2 heterocycles. The van der Waals surface area contributed by atoms with Crippen molar-refractivity contribution in [1.82, 2.24) is 4.98 Å². The average molecular weight is 327 g/mol.